The number of ketones is 1. The number of benzene rings is 2. The molecule has 1 N–H and O–H groups in total. The van der Waals surface area contributed by atoms with Crippen molar-refractivity contribution >= 4 is 45.9 Å². The summed E-state index contributed by atoms with van der Waals surface area (Å²) in [4.78, 5) is 42.4. The fourth-order valence-corrected chi connectivity index (χ4v) is 4.25. The van der Waals surface area contributed by atoms with Gasteiger partial charge in [0.2, 0.25) is 11.8 Å². The summed E-state index contributed by atoms with van der Waals surface area (Å²) in [6.45, 7) is 5.50. The van der Waals surface area contributed by atoms with Crippen molar-refractivity contribution < 1.29 is 14.4 Å². The molecule has 1 aliphatic rings. The molecule has 0 spiro atoms. The van der Waals surface area contributed by atoms with E-state index in [0.717, 1.165) is 16.8 Å². The van der Waals surface area contributed by atoms with Crippen LogP contribution in [-0.2, 0) is 9.59 Å². The van der Waals surface area contributed by atoms with Crippen LogP contribution in [0.1, 0.15) is 34.8 Å². The third-order valence-corrected chi connectivity index (χ3v) is 5.75. The summed E-state index contributed by atoms with van der Waals surface area (Å²) in [6.07, 6.45) is 0.0498. The monoisotopic (exact) mass is 409 g/mol. The fourth-order valence-electron chi connectivity index (χ4n) is 3.09. The molecule has 1 aliphatic heterocycles. The zero-order chi connectivity index (χ0) is 21.1. The van der Waals surface area contributed by atoms with Crippen LogP contribution in [0, 0.1) is 13.8 Å². The van der Waals surface area contributed by atoms with Gasteiger partial charge in [0.1, 0.15) is 5.25 Å². The number of carbonyl (C=O) groups excluding carboxylic acids is 3. The van der Waals surface area contributed by atoms with Crippen molar-refractivity contribution in [2.45, 2.75) is 32.4 Å². The van der Waals surface area contributed by atoms with Crippen LogP contribution >= 0.6 is 11.8 Å². The van der Waals surface area contributed by atoms with Crippen molar-refractivity contribution in [1.82, 2.24) is 4.90 Å². The Balaban J connectivity index is 1.66. The third kappa shape index (κ3) is 5.12. The molecule has 0 saturated carbocycles. The van der Waals surface area contributed by atoms with Crippen LogP contribution < -0.4 is 5.32 Å². The number of aliphatic imine (C=N–C) groups is 1. The smallest absolute Gasteiger partial charge is 0.242 e. The number of aryl methyl sites for hydroxylation is 2. The SMILES string of the molecule is CC(=O)c1ccc(NC(=O)C[C@@H]2SC(=Nc3cc(C)cc(C)c3)N(C)C2=O)cc1. The van der Waals surface area contributed by atoms with Crippen molar-refractivity contribution in [1.29, 1.82) is 0 Å². The third-order valence-electron chi connectivity index (χ3n) is 4.52. The van der Waals surface area contributed by atoms with Crippen LogP contribution in [0.5, 0.6) is 0 Å². The van der Waals surface area contributed by atoms with Gasteiger partial charge in [0.15, 0.2) is 11.0 Å². The van der Waals surface area contributed by atoms with Crippen LogP contribution in [0.15, 0.2) is 47.5 Å². The average Bonchev–Trinajstić information content (AvgIpc) is 2.89. The Morgan fingerprint density at radius 1 is 1.10 bits per heavy atom. The standard InChI is InChI=1S/C22H23N3O3S/c1-13-9-14(2)11-18(10-13)24-22-25(4)21(28)19(29-22)12-20(27)23-17-7-5-16(6-8-17)15(3)26/h5-11,19H,12H2,1-4H3,(H,23,27)/t19-/m0/s1. The van der Waals surface area contributed by atoms with E-state index in [1.807, 2.05) is 26.0 Å². The number of amidine groups is 1. The van der Waals surface area contributed by atoms with Gasteiger partial charge in [-0.25, -0.2) is 4.99 Å². The van der Waals surface area contributed by atoms with Crippen molar-refractivity contribution in [3.63, 3.8) is 0 Å². The minimum Gasteiger partial charge on any atom is -0.326 e. The van der Waals surface area contributed by atoms with E-state index in [-0.39, 0.29) is 24.0 Å². The first-order valence-electron chi connectivity index (χ1n) is 9.25. The molecule has 29 heavy (non-hydrogen) atoms. The summed E-state index contributed by atoms with van der Waals surface area (Å²) in [6, 6.07) is 12.7. The maximum Gasteiger partial charge on any atom is 0.242 e. The van der Waals surface area contributed by atoms with Gasteiger partial charge in [-0.05, 0) is 68.3 Å². The largest absolute Gasteiger partial charge is 0.326 e. The lowest BCUT2D eigenvalue weighted by Crippen LogP contribution is -2.30. The van der Waals surface area contributed by atoms with E-state index < -0.39 is 5.25 Å². The summed E-state index contributed by atoms with van der Waals surface area (Å²) < 4.78 is 0. The number of anilines is 1. The minimum absolute atomic E-state index is 0.0329. The van der Waals surface area contributed by atoms with Gasteiger partial charge >= 0.3 is 0 Å². The summed E-state index contributed by atoms with van der Waals surface area (Å²) >= 11 is 1.30. The molecule has 2 aromatic rings. The van der Waals surface area contributed by atoms with Crippen molar-refractivity contribution in [2.75, 3.05) is 12.4 Å². The molecule has 2 aromatic carbocycles. The Hall–Kier alpha value is -2.93. The van der Waals surface area contributed by atoms with Crippen LogP contribution in [0.25, 0.3) is 0 Å². The predicted octanol–water partition coefficient (Wildman–Crippen LogP) is 4.10. The van der Waals surface area contributed by atoms with Gasteiger partial charge in [0.25, 0.3) is 0 Å². The van der Waals surface area contributed by atoms with E-state index >= 15 is 0 Å². The van der Waals surface area contributed by atoms with Crippen LogP contribution in [0.2, 0.25) is 0 Å². The lowest BCUT2D eigenvalue weighted by molar-refractivity contribution is -0.127. The molecular formula is C22H23N3O3S. The molecule has 0 aliphatic carbocycles. The summed E-state index contributed by atoms with van der Waals surface area (Å²) in [5.41, 5.74) is 4.17. The van der Waals surface area contributed by atoms with Crippen LogP contribution in [0.4, 0.5) is 11.4 Å². The first-order valence-corrected chi connectivity index (χ1v) is 10.1. The van der Waals surface area contributed by atoms with Gasteiger partial charge in [-0.3, -0.25) is 19.3 Å². The molecule has 1 fully saturated rings. The van der Waals surface area contributed by atoms with Gasteiger partial charge < -0.3 is 5.32 Å². The minimum atomic E-state index is -0.513. The number of hydrogen-bond acceptors (Lipinski definition) is 5. The zero-order valence-corrected chi connectivity index (χ0v) is 17.7. The first kappa shape index (κ1) is 20.8. The number of carbonyl (C=O) groups is 3. The van der Waals surface area contributed by atoms with E-state index in [4.69, 9.17) is 0 Å². The number of thioether (sulfide) groups is 1. The van der Waals surface area contributed by atoms with Gasteiger partial charge in [-0.1, -0.05) is 17.8 Å². The van der Waals surface area contributed by atoms with E-state index in [1.54, 1.807) is 31.3 Å². The second kappa shape index (κ2) is 8.61. The normalized spacial score (nSPS) is 17.7. The lowest BCUT2D eigenvalue weighted by Gasteiger charge is -2.10. The van der Waals surface area contributed by atoms with Gasteiger partial charge in [-0.2, -0.15) is 0 Å². The molecule has 0 bridgehead atoms. The number of nitrogens with one attached hydrogen (secondary N) is 1. The number of Topliss-reactive ketones (excluding diaryl/α,β-unsaturated/α-hetero) is 1. The van der Waals surface area contributed by atoms with E-state index in [2.05, 4.69) is 16.4 Å². The highest BCUT2D eigenvalue weighted by atomic mass is 32.2. The molecule has 150 valence electrons. The second-order valence-corrected chi connectivity index (χ2v) is 8.30. The van der Waals surface area contributed by atoms with E-state index in [0.29, 0.717) is 16.4 Å². The van der Waals surface area contributed by atoms with Gasteiger partial charge in [-0.15, -0.1) is 0 Å². The molecule has 0 unspecified atom stereocenters. The fraction of sp³-hybridized carbons (Fsp3) is 0.273. The topological polar surface area (TPSA) is 78.8 Å². The average molecular weight is 410 g/mol. The highest BCUT2D eigenvalue weighted by Crippen LogP contribution is 2.31. The van der Waals surface area contributed by atoms with Crippen molar-refractivity contribution in [3.8, 4) is 0 Å². The first-order chi connectivity index (χ1) is 13.7. The molecule has 0 aromatic heterocycles. The highest BCUT2D eigenvalue weighted by molar-refractivity contribution is 8.15. The molecule has 1 saturated heterocycles. The van der Waals surface area contributed by atoms with Crippen LogP contribution in [-0.4, -0.2) is 40.0 Å². The molecule has 6 nitrogen and oxygen atoms in total. The maximum absolute atomic E-state index is 12.6. The Labute approximate surface area is 174 Å². The number of amides is 2. The Morgan fingerprint density at radius 3 is 2.31 bits per heavy atom. The molecule has 7 heteroatoms. The zero-order valence-electron chi connectivity index (χ0n) is 16.9. The molecule has 1 heterocycles. The van der Waals surface area contributed by atoms with Gasteiger partial charge in [0.05, 0.1) is 5.69 Å². The Morgan fingerprint density at radius 2 is 1.72 bits per heavy atom. The van der Waals surface area contributed by atoms with Gasteiger partial charge in [0, 0.05) is 24.7 Å². The molecule has 3 rings (SSSR count). The number of rotatable bonds is 5. The Kier molecular flexibility index (Phi) is 6.17. The molecular weight excluding hydrogens is 386 g/mol. The van der Waals surface area contributed by atoms with Crippen molar-refractivity contribution in [2.24, 2.45) is 4.99 Å². The molecule has 1 atom stereocenters. The quantitative estimate of drug-likeness (QED) is 0.754. The predicted molar refractivity (Wildman–Crippen MR) is 117 cm³/mol. The molecule has 2 amide bonds. The Bertz CT molecular complexity index is 979. The van der Waals surface area contributed by atoms with E-state index in [9.17, 15) is 14.4 Å². The molecule has 0 radical (unpaired) electrons. The summed E-state index contributed by atoms with van der Waals surface area (Å²) in [5, 5.41) is 2.85. The summed E-state index contributed by atoms with van der Waals surface area (Å²) in [5.74, 6) is -0.429. The van der Waals surface area contributed by atoms with Crippen LogP contribution in [0.3, 0.4) is 0 Å². The lowest BCUT2D eigenvalue weighted by atomic mass is 10.1. The second-order valence-electron chi connectivity index (χ2n) is 7.13. The number of hydrogen-bond donors (Lipinski definition) is 1. The highest BCUT2D eigenvalue weighted by Gasteiger charge is 2.37. The number of nitrogens with zero attached hydrogens (tertiary/aromatic N) is 2. The van der Waals surface area contributed by atoms with Crippen molar-refractivity contribution in [3.05, 3.63) is 59.2 Å². The maximum atomic E-state index is 12.6. The van der Waals surface area contributed by atoms with E-state index in [1.165, 1.54) is 23.6 Å². The summed E-state index contributed by atoms with van der Waals surface area (Å²) in [7, 11) is 1.68.